The molecule has 2 amide bonds. The molecular formula is C19H19N5O2S. The number of benzene rings is 1. The zero-order valence-electron chi connectivity index (χ0n) is 15.0. The van der Waals surface area contributed by atoms with Crippen LogP contribution in [0.3, 0.4) is 0 Å². The summed E-state index contributed by atoms with van der Waals surface area (Å²) in [6.07, 6.45) is 4.11. The van der Waals surface area contributed by atoms with Crippen molar-refractivity contribution in [2.75, 3.05) is 11.9 Å². The number of aryl methyl sites for hydroxylation is 1. The normalized spacial score (nSPS) is 10.4. The van der Waals surface area contributed by atoms with E-state index in [0.717, 1.165) is 12.0 Å². The SMILES string of the molecule is CCCNC(=O)c1ccc(C)c(NC(=O)c2csc(-c3ncccn3)n2)c1. The van der Waals surface area contributed by atoms with Crippen molar-refractivity contribution in [2.45, 2.75) is 20.3 Å². The molecule has 0 saturated heterocycles. The molecular weight excluding hydrogens is 362 g/mol. The Morgan fingerprint density at radius 3 is 2.67 bits per heavy atom. The summed E-state index contributed by atoms with van der Waals surface area (Å²) in [7, 11) is 0. The van der Waals surface area contributed by atoms with Crippen molar-refractivity contribution in [3.63, 3.8) is 0 Å². The maximum atomic E-state index is 12.6. The minimum atomic E-state index is -0.345. The van der Waals surface area contributed by atoms with Gasteiger partial charge in [0.05, 0.1) is 0 Å². The summed E-state index contributed by atoms with van der Waals surface area (Å²) in [6.45, 7) is 4.47. The van der Waals surface area contributed by atoms with Gasteiger partial charge in [0.15, 0.2) is 10.8 Å². The van der Waals surface area contributed by atoms with Crippen molar-refractivity contribution in [2.24, 2.45) is 0 Å². The standard InChI is InChI=1S/C19H19N5O2S/c1-3-7-22-17(25)13-6-5-12(2)14(10-13)23-18(26)15-11-27-19(24-15)16-20-8-4-9-21-16/h4-6,8-11H,3,7H2,1-2H3,(H,22,25)(H,23,26). The van der Waals surface area contributed by atoms with Gasteiger partial charge >= 0.3 is 0 Å². The molecule has 27 heavy (non-hydrogen) atoms. The van der Waals surface area contributed by atoms with Gasteiger partial charge < -0.3 is 10.6 Å². The number of aromatic nitrogens is 3. The highest BCUT2D eigenvalue weighted by molar-refractivity contribution is 7.13. The Balaban J connectivity index is 1.76. The third kappa shape index (κ3) is 4.53. The van der Waals surface area contributed by atoms with Crippen LogP contribution in [0, 0.1) is 6.92 Å². The lowest BCUT2D eigenvalue weighted by atomic mass is 10.1. The highest BCUT2D eigenvalue weighted by Crippen LogP contribution is 2.22. The quantitative estimate of drug-likeness (QED) is 0.683. The van der Waals surface area contributed by atoms with Crippen molar-refractivity contribution >= 4 is 28.8 Å². The van der Waals surface area contributed by atoms with E-state index in [4.69, 9.17) is 0 Å². The molecule has 0 radical (unpaired) electrons. The van der Waals surface area contributed by atoms with E-state index in [1.807, 2.05) is 13.8 Å². The van der Waals surface area contributed by atoms with Crippen LogP contribution in [0.25, 0.3) is 10.8 Å². The zero-order chi connectivity index (χ0) is 19.2. The molecule has 2 N–H and O–H groups in total. The van der Waals surface area contributed by atoms with E-state index in [1.54, 1.807) is 42.0 Å². The molecule has 0 aliphatic heterocycles. The van der Waals surface area contributed by atoms with E-state index in [0.29, 0.717) is 28.6 Å². The largest absolute Gasteiger partial charge is 0.352 e. The monoisotopic (exact) mass is 381 g/mol. The lowest BCUT2D eigenvalue weighted by molar-refractivity contribution is 0.0952. The van der Waals surface area contributed by atoms with Crippen LogP contribution in [-0.4, -0.2) is 33.3 Å². The Morgan fingerprint density at radius 2 is 1.93 bits per heavy atom. The Morgan fingerprint density at radius 1 is 1.15 bits per heavy atom. The fraction of sp³-hybridized carbons (Fsp3) is 0.211. The summed E-state index contributed by atoms with van der Waals surface area (Å²) >= 11 is 1.30. The van der Waals surface area contributed by atoms with Crippen LogP contribution in [0.1, 0.15) is 39.8 Å². The second-order valence-corrected chi connectivity index (χ2v) is 6.71. The zero-order valence-corrected chi connectivity index (χ0v) is 15.8. The lowest BCUT2D eigenvalue weighted by Gasteiger charge is -2.10. The molecule has 0 aliphatic rings. The molecule has 7 nitrogen and oxygen atoms in total. The van der Waals surface area contributed by atoms with Crippen LogP contribution >= 0.6 is 11.3 Å². The molecule has 0 spiro atoms. The fourth-order valence-electron chi connectivity index (χ4n) is 2.32. The molecule has 0 aliphatic carbocycles. The molecule has 138 valence electrons. The Labute approximate surface area is 160 Å². The van der Waals surface area contributed by atoms with Crippen LogP contribution in [0.2, 0.25) is 0 Å². The summed E-state index contributed by atoms with van der Waals surface area (Å²) in [5, 5.41) is 7.89. The lowest BCUT2D eigenvalue weighted by Crippen LogP contribution is -2.24. The number of rotatable bonds is 6. The van der Waals surface area contributed by atoms with Gasteiger partial charge in [-0.3, -0.25) is 9.59 Å². The van der Waals surface area contributed by atoms with Gasteiger partial charge in [-0.05, 0) is 37.1 Å². The molecule has 3 aromatic rings. The number of hydrogen-bond acceptors (Lipinski definition) is 6. The average molecular weight is 381 g/mol. The van der Waals surface area contributed by atoms with Crippen molar-refractivity contribution < 1.29 is 9.59 Å². The van der Waals surface area contributed by atoms with Gasteiger partial charge in [0.25, 0.3) is 11.8 Å². The molecule has 0 fully saturated rings. The third-order valence-corrected chi connectivity index (χ3v) is 4.62. The summed E-state index contributed by atoms with van der Waals surface area (Å²) in [5.74, 6) is -0.0282. The average Bonchev–Trinajstić information content (AvgIpc) is 3.19. The second kappa shape index (κ2) is 8.50. The number of carbonyl (C=O) groups excluding carboxylic acids is 2. The van der Waals surface area contributed by atoms with Crippen LogP contribution in [-0.2, 0) is 0 Å². The summed E-state index contributed by atoms with van der Waals surface area (Å²) in [4.78, 5) is 37.3. The van der Waals surface area contributed by atoms with Gasteiger partial charge in [-0.2, -0.15) is 0 Å². The predicted molar refractivity (Wildman–Crippen MR) is 105 cm³/mol. The van der Waals surface area contributed by atoms with E-state index in [-0.39, 0.29) is 17.5 Å². The second-order valence-electron chi connectivity index (χ2n) is 5.85. The first-order chi connectivity index (χ1) is 13.1. The minimum Gasteiger partial charge on any atom is -0.352 e. The molecule has 0 bridgehead atoms. The van der Waals surface area contributed by atoms with Crippen LogP contribution < -0.4 is 10.6 Å². The van der Waals surface area contributed by atoms with Gasteiger partial charge in [-0.15, -0.1) is 11.3 Å². The van der Waals surface area contributed by atoms with Crippen LogP contribution in [0.5, 0.6) is 0 Å². The number of nitrogens with zero attached hydrogens (tertiary/aromatic N) is 3. The van der Waals surface area contributed by atoms with E-state index in [1.165, 1.54) is 11.3 Å². The van der Waals surface area contributed by atoms with E-state index < -0.39 is 0 Å². The molecule has 3 rings (SSSR count). The molecule has 2 heterocycles. The number of hydrogen-bond donors (Lipinski definition) is 2. The first-order valence-corrected chi connectivity index (χ1v) is 9.39. The van der Waals surface area contributed by atoms with Crippen molar-refractivity contribution in [3.05, 3.63) is 58.9 Å². The molecule has 8 heteroatoms. The first-order valence-electron chi connectivity index (χ1n) is 8.51. The van der Waals surface area contributed by atoms with E-state index in [2.05, 4.69) is 25.6 Å². The van der Waals surface area contributed by atoms with Crippen molar-refractivity contribution in [1.29, 1.82) is 0 Å². The van der Waals surface area contributed by atoms with Gasteiger partial charge in [0.2, 0.25) is 0 Å². The maximum Gasteiger partial charge on any atom is 0.275 e. The number of anilines is 1. The van der Waals surface area contributed by atoms with Gasteiger partial charge in [-0.1, -0.05) is 13.0 Å². The van der Waals surface area contributed by atoms with Crippen LogP contribution in [0.4, 0.5) is 5.69 Å². The van der Waals surface area contributed by atoms with Crippen molar-refractivity contribution in [1.82, 2.24) is 20.3 Å². The summed E-state index contributed by atoms with van der Waals surface area (Å²) < 4.78 is 0. The third-order valence-electron chi connectivity index (χ3n) is 3.78. The predicted octanol–water partition coefficient (Wildman–Crippen LogP) is 3.30. The molecule has 0 unspecified atom stereocenters. The molecule has 2 aromatic heterocycles. The molecule has 0 atom stereocenters. The van der Waals surface area contributed by atoms with Gasteiger partial charge in [0, 0.05) is 35.6 Å². The molecule has 0 saturated carbocycles. The van der Waals surface area contributed by atoms with Crippen molar-refractivity contribution in [3.8, 4) is 10.8 Å². The topological polar surface area (TPSA) is 96.9 Å². The molecule has 1 aromatic carbocycles. The van der Waals surface area contributed by atoms with Gasteiger partial charge in [0.1, 0.15) is 5.69 Å². The maximum absolute atomic E-state index is 12.6. The highest BCUT2D eigenvalue weighted by atomic mass is 32.1. The van der Waals surface area contributed by atoms with E-state index in [9.17, 15) is 9.59 Å². The summed E-state index contributed by atoms with van der Waals surface area (Å²) in [6, 6.07) is 6.94. The number of nitrogens with one attached hydrogen (secondary N) is 2. The smallest absolute Gasteiger partial charge is 0.275 e. The number of thiazole rings is 1. The van der Waals surface area contributed by atoms with E-state index >= 15 is 0 Å². The first kappa shape index (κ1) is 18.7. The Hall–Kier alpha value is -3.13. The summed E-state index contributed by atoms with van der Waals surface area (Å²) in [5.41, 5.74) is 2.22. The number of carbonyl (C=O) groups is 2. The van der Waals surface area contributed by atoms with Gasteiger partial charge in [-0.25, -0.2) is 15.0 Å². The Kier molecular flexibility index (Phi) is 5.87. The number of amides is 2. The Bertz CT molecular complexity index is 956. The van der Waals surface area contributed by atoms with Crippen LogP contribution in [0.15, 0.2) is 42.0 Å². The highest BCUT2D eigenvalue weighted by Gasteiger charge is 2.15. The minimum absolute atomic E-state index is 0.162. The fourth-order valence-corrected chi connectivity index (χ4v) is 3.06.